The molecule has 4 amide bonds. The molecule has 6 aromatic rings. The van der Waals surface area contributed by atoms with Crippen molar-refractivity contribution in [1.82, 2.24) is 50.0 Å². The number of fused-ring (bicyclic) bond motifs is 4. The average molecular weight is 1370 g/mol. The van der Waals surface area contributed by atoms with Gasteiger partial charge in [0.05, 0.1) is 57.8 Å². The molecule has 2 aromatic carbocycles. The van der Waals surface area contributed by atoms with Crippen LogP contribution in [0.1, 0.15) is 159 Å². The second-order valence-corrected chi connectivity index (χ2v) is 30.4. The molecule has 0 radical (unpaired) electrons. The van der Waals surface area contributed by atoms with E-state index in [4.69, 9.17) is 54.8 Å². The first-order valence-corrected chi connectivity index (χ1v) is 36.0. The van der Waals surface area contributed by atoms with Gasteiger partial charge in [-0.2, -0.15) is 9.97 Å². The maximum Gasteiger partial charge on any atom is 0.410 e. The van der Waals surface area contributed by atoms with Crippen LogP contribution in [0.3, 0.4) is 0 Å². The number of aliphatic hydroxyl groups excluding tert-OH is 1. The second-order valence-electron chi connectivity index (χ2n) is 29.1. The fourth-order valence-corrected chi connectivity index (χ4v) is 17.0. The number of carbonyl (C=O) groups excluding carboxylic acids is 4. The molecular weight excluding hydrogens is 1280 g/mol. The third-order valence-corrected chi connectivity index (χ3v) is 22.2. The number of pyridine rings is 1. The quantitative estimate of drug-likeness (QED) is 0.0812. The molecule has 7 saturated heterocycles. The van der Waals surface area contributed by atoms with Crippen LogP contribution in [0.4, 0.5) is 25.6 Å². The Morgan fingerprint density at radius 2 is 1.66 bits per heavy atom. The maximum absolute atomic E-state index is 17.9. The van der Waals surface area contributed by atoms with Crippen molar-refractivity contribution in [3.63, 3.8) is 0 Å². The molecule has 23 nitrogen and oxygen atoms in total. The van der Waals surface area contributed by atoms with Crippen LogP contribution in [-0.2, 0) is 23.8 Å². The van der Waals surface area contributed by atoms with Crippen molar-refractivity contribution < 1.29 is 56.9 Å². The molecule has 2 bridgehead atoms. The monoisotopic (exact) mass is 1370 g/mol. The summed E-state index contributed by atoms with van der Waals surface area (Å²) in [6.45, 7) is 17.7. The average Bonchev–Trinajstić information content (AvgIpc) is 1.74. The number of aryl methyl sites for hydroxylation is 1. The Morgan fingerprint density at radius 3 is 2.36 bits per heavy atom. The van der Waals surface area contributed by atoms with E-state index in [2.05, 4.69) is 25.3 Å². The van der Waals surface area contributed by atoms with Gasteiger partial charge in [0.2, 0.25) is 11.8 Å². The zero-order valence-electron chi connectivity index (χ0n) is 56.3. The molecule has 97 heavy (non-hydrogen) atoms. The minimum atomic E-state index is -0.877. The van der Waals surface area contributed by atoms with E-state index in [1.165, 1.54) is 4.90 Å². The molecule has 3 unspecified atom stereocenters. The lowest BCUT2D eigenvalue weighted by Gasteiger charge is -2.42. The molecule has 8 fully saturated rings. The van der Waals surface area contributed by atoms with E-state index < -0.39 is 47.4 Å². The number of nitrogens with zero attached hydrogens (tertiary/aromatic N) is 11. The van der Waals surface area contributed by atoms with Gasteiger partial charge >= 0.3 is 18.2 Å². The zero-order valence-corrected chi connectivity index (χ0v) is 57.9. The van der Waals surface area contributed by atoms with E-state index in [-0.39, 0.29) is 97.3 Å². The lowest BCUT2D eigenvalue weighted by Crippen LogP contribution is -2.57. The smallest absolute Gasteiger partial charge is 0.410 e. The number of hydrogen-bond acceptors (Lipinski definition) is 20. The Balaban J connectivity index is 0.621. The summed E-state index contributed by atoms with van der Waals surface area (Å²) in [6, 6.07) is 11.8. The van der Waals surface area contributed by atoms with Crippen LogP contribution >= 0.6 is 22.9 Å². The van der Waals surface area contributed by atoms with Crippen LogP contribution in [0.25, 0.3) is 32.6 Å². The number of hydrogen-bond donors (Lipinski definition) is 2. The number of carbonyl (C=O) groups is 4. The van der Waals surface area contributed by atoms with Crippen LogP contribution in [0.5, 0.6) is 11.8 Å². The number of amides is 4. The van der Waals surface area contributed by atoms with Gasteiger partial charge < -0.3 is 58.2 Å². The summed E-state index contributed by atoms with van der Waals surface area (Å²) >= 11 is 8.65. The van der Waals surface area contributed by atoms with Gasteiger partial charge in [-0.05, 0) is 146 Å². The van der Waals surface area contributed by atoms with Crippen molar-refractivity contribution in [2.24, 2.45) is 5.92 Å². The van der Waals surface area contributed by atoms with Crippen LogP contribution < -0.4 is 24.6 Å². The maximum atomic E-state index is 17.9. The van der Waals surface area contributed by atoms with Gasteiger partial charge in [-0.25, -0.2) is 19.0 Å². The van der Waals surface area contributed by atoms with Crippen LogP contribution in [0.2, 0.25) is 5.02 Å². The molecule has 4 aromatic heterocycles. The van der Waals surface area contributed by atoms with Crippen molar-refractivity contribution in [2.45, 2.75) is 191 Å². The van der Waals surface area contributed by atoms with Gasteiger partial charge in [0, 0.05) is 87.5 Å². The highest BCUT2D eigenvalue weighted by Crippen LogP contribution is 2.51. The minimum Gasteiger partial charge on any atom is -0.465 e. The summed E-state index contributed by atoms with van der Waals surface area (Å²) in [7, 11) is 0. The Labute approximate surface area is 573 Å². The minimum absolute atomic E-state index is 0.0143. The Bertz CT molecular complexity index is 3900. The van der Waals surface area contributed by atoms with E-state index in [1.807, 2.05) is 94.1 Å². The zero-order chi connectivity index (χ0) is 67.6. The number of nitrogens with one attached hydrogen (secondary N) is 1. The summed E-state index contributed by atoms with van der Waals surface area (Å²) in [5.41, 5.74) is 5.22. The van der Waals surface area contributed by atoms with Crippen molar-refractivity contribution in [3.05, 3.63) is 87.6 Å². The SMILES string of the molecule is Cc1ncsc1-c1ccc([C@H](C)NC(=O)[C@@H]2C[C@@H](O)CN2C(=O)[C@@H](c2cc(N3CCN(C(=O)OC[C@@H]4CC[C@@]5(COc6nc(N7CC8CCC(C7)N8C(=O)OC(C)(C)C)c7cnc(-c8cc(OC9CCCCO9)cc(Cl)c8C8CC8)c(F)c7n6)CCCN45)CC3)no2)C(C)C)cc1. The van der Waals surface area contributed by atoms with Gasteiger partial charge in [-0.1, -0.05) is 54.9 Å². The van der Waals surface area contributed by atoms with Gasteiger partial charge in [0.1, 0.15) is 53.6 Å². The summed E-state index contributed by atoms with van der Waals surface area (Å²) in [5.74, 6) is -0.296. The number of aliphatic hydroxyl groups is 1. The highest BCUT2D eigenvalue weighted by Gasteiger charge is 2.51. The summed E-state index contributed by atoms with van der Waals surface area (Å²) < 4.78 is 54.8. The number of thiazole rings is 1. The number of halogens is 2. The molecule has 11 heterocycles. The Morgan fingerprint density at radius 1 is 0.887 bits per heavy atom. The van der Waals surface area contributed by atoms with Crippen molar-refractivity contribution in [1.29, 1.82) is 0 Å². The molecule has 2 N–H and O–H groups in total. The summed E-state index contributed by atoms with van der Waals surface area (Å²) in [6.07, 6.45) is 9.09. The van der Waals surface area contributed by atoms with Crippen molar-refractivity contribution >= 4 is 69.5 Å². The van der Waals surface area contributed by atoms with E-state index in [0.717, 1.165) is 104 Å². The second kappa shape index (κ2) is 27.3. The van der Waals surface area contributed by atoms with E-state index >= 15 is 4.39 Å². The number of anilines is 2. The number of aromatic nitrogens is 5. The van der Waals surface area contributed by atoms with E-state index in [1.54, 1.807) is 34.6 Å². The van der Waals surface area contributed by atoms with Gasteiger partial charge in [0.25, 0.3) is 0 Å². The molecule has 1 aliphatic carbocycles. The fourth-order valence-electron chi connectivity index (χ4n) is 15.9. The third-order valence-electron chi connectivity index (χ3n) is 20.9. The lowest BCUT2D eigenvalue weighted by molar-refractivity contribution is -0.141. The molecule has 14 rings (SSSR count). The molecule has 26 heteroatoms. The fraction of sp³-hybridized carbons (Fsp3) is 0.592. The molecule has 518 valence electrons. The summed E-state index contributed by atoms with van der Waals surface area (Å²) in [5, 5.41) is 19.3. The lowest BCUT2D eigenvalue weighted by atomic mass is 9.91. The van der Waals surface area contributed by atoms with Crippen molar-refractivity contribution in [2.75, 3.05) is 82.0 Å². The summed E-state index contributed by atoms with van der Waals surface area (Å²) in [4.78, 5) is 87.9. The Hall–Kier alpha value is -7.45. The number of likely N-dealkylation sites (tertiary alicyclic amines) is 1. The van der Waals surface area contributed by atoms with Gasteiger partial charge in [0.15, 0.2) is 23.7 Å². The van der Waals surface area contributed by atoms with Gasteiger partial charge in [-0.15, -0.1) is 11.3 Å². The van der Waals surface area contributed by atoms with E-state index in [9.17, 15) is 24.3 Å². The normalized spacial score (nSPS) is 25.0. The molecule has 8 aliphatic rings. The number of rotatable bonds is 18. The molecule has 1 saturated carbocycles. The number of β-amino-alcohol motifs (C(OH)–C–C–N with tert-alkyl or cyclic N) is 1. The predicted molar refractivity (Wildman–Crippen MR) is 362 cm³/mol. The highest BCUT2D eigenvalue weighted by molar-refractivity contribution is 7.13. The first-order chi connectivity index (χ1) is 46.6. The predicted octanol–water partition coefficient (Wildman–Crippen LogP) is 11.2. The first-order valence-electron chi connectivity index (χ1n) is 34.7. The standard InChI is InChI=1S/C71H88ClFN12O11S/c1-40(2)58(66(88)83-36-49(86)29-54(83)65(87)76-41(3)43-12-16-45(17-13-43)63-42(4)75-39-97-63)55-32-56(79-96-55)80-24-26-81(27-25-80)68(89)92-37-48-20-22-71(21-10-23-84(48)71)38-93-67-77-62-52(64(78-67)82-34-46-18-19-47(35-82)85(46)69(90)95-70(5,6)7)33-74-61(60(62)73)51-30-50(94-57-11-8-9-28-91-57)31-53(72)59(51)44-14-15-44/h12-13,16-17,30-33,39-41,44,46-49,54,57-58,86H,8-11,14-15,18-29,34-38H2,1-7H3,(H,76,87)/t41-,46?,47?,48-,49+,54-,57?,58+,71+/m0/s1. The van der Waals surface area contributed by atoms with Gasteiger partial charge in [-0.3, -0.25) is 24.4 Å². The van der Waals surface area contributed by atoms with Crippen LogP contribution in [-0.4, -0.2) is 194 Å². The topological polar surface area (TPSA) is 244 Å². The van der Waals surface area contributed by atoms with Crippen LogP contribution in [0.15, 0.2) is 58.7 Å². The van der Waals surface area contributed by atoms with Crippen LogP contribution in [0, 0.1) is 18.7 Å². The number of benzene rings is 2. The number of piperazine rings is 2. The number of ether oxygens (including phenoxy) is 5. The third kappa shape index (κ3) is 13.8. The molecular formula is C71H88ClFN12O11S. The van der Waals surface area contributed by atoms with Crippen molar-refractivity contribution in [3.8, 4) is 33.5 Å². The largest absolute Gasteiger partial charge is 0.465 e. The van der Waals surface area contributed by atoms with E-state index in [0.29, 0.717) is 85.0 Å². The molecule has 9 atom stereocenters. The first kappa shape index (κ1) is 66.8. The highest BCUT2D eigenvalue weighted by atomic mass is 35.5. The molecule has 0 spiro atoms. The molecule has 7 aliphatic heterocycles. The Kier molecular flexibility index (Phi) is 18.8.